The second kappa shape index (κ2) is 9.53. The topological polar surface area (TPSA) is 64.3 Å². The number of rotatable bonds is 9. The maximum absolute atomic E-state index is 12.2. The summed E-state index contributed by atoms with van der Waals surface area (Å²) in [5, 5.41) is 3.01. The number of nitrogens with one attached hydrogen (secondary N) is 1. The number of hydrogen-bond acceptors (Lipinski definition) is 3. The molecule has 0 saturated heterocycles. The molecule has 1 atom stereocenters. The van der Waals surface area contributed by atoms with E-state index in [4.69, 9.17) is 10.5 Å². The molecule has 1 rings (SSSR count). The third kappa shape index (κ3) is 6.74. The van der Waals surface area contributed by atoms with Crippen molar-refractivity contribution < 1.29 is 9.53 Å². The second-order valence-corrected chi connectivity index (χ2v) is 5.88. The number of anilines is 1. The van der Waals surface area contributed by atoms with Crippen molar-refractivity contribution in [3.05, 3.63) is 29.8 Å². The molecule has 0 aliphatic heterocycles. The van der Waals surface area contributed by atoms with E-state index in [1.807, 2.05) is 24.3 Å². The van der Waals surface area contributed by atoms with Crippen LogP contribution in [0, 0.1) is 11.8 Å². The highest BCUT2D eigenvalue weighted by atomic mass is 16.5. The normalized spacial score (nSPS) is 12.4. The van der Waals surface area contributed by atoms with Crippen LogP contribution in [0.3, 0.4) is 0 Å². The Balaban J connectivity index is 2.61. The second-order valence-electron chi connectivity index (χ2n) is 5.88. The molecule has 1 amide bonds. The molecule has 0 fully saturated rings. The van der Waals surface area contributed by atoms with Crippen molar-refractivity contribution in [3.63, 3.8) is 0 Å². The van der Waals surface area contributed by atoms with Gasteiger partial charge >= 0.3 is 0 Å². The molecule has 0 spiro atoms. The molecular formula is C17H28N2O2. The van der Waals surface area contributed by atoms with Gasteiger partial charge in [0.05, 0.1) is 6.61 Å². The van der Waals surface area contributed by atoms with Crippen LogP contribution in [0.5, 0.6) is 0 Å². The molecule has 0 bridgehead atoms. The van der Waals surface area contributed by atoms with Gasteiger partial charge in [0.25, 0.3) is 0 Å². The van der Waals surface area contributed by atoms with Gasteiger partial charge in [-0.05, 0) is 42.9 Å². The first kappa shape index (κ1) is 17.7. The average molecular weight is 292 g/mol. The molecule has 0 radical (unpaired) electrons. The van der Waals surface area contributed by atoms with Gasteiger partial charge < -0.3 is 15.8 Å². The van der Waals surface area contributed by atoms with E-state index < -0.39 is 0 Å². The Kier molecular flexibility index (Phi) is 8.01. The first-order valence-electron chi connectivity index (χ1n) is 7.63. The van der Waals surface area contributed by atoms with Crippen molar-refractivity contribution in [2.24, 2.45) is 17.6 Å². The fourth-order valence-electron chi connectivity index (χ4n) is 2.47. The quantitative estimate of drug-likeness (QED) is 0.735. The molecule has 1 aromatic carbocycles. The number of nitrogens with two attached hydrogens (primary N) is 1. The highest BCUT2D eigenvalue weighted by molar-refractivity contribution is 5.91. The van der Waals surface area contributed by atoms with Gasteiger partial charge in [-0.2, -0.15) is 0 Å². The summed E-state index contributed by atoms with van der Waals surface area (Å²) < 4.78 is 5.10. The molecule has 3 N–H and O–H groups in total. The van der Waals surface area contributed by atoms with E-state index >= 15 is 0 Å². The SMILES string of the molecule is COCCc1ccccc1NC(=O)C[C@@H](CN)CC(C)C. The number of carbonyl (C=O) groups is 1. The van der Waals surface area contributed by atoms with Crippen molar-refractivity contribution >= 4 is 11.6 Å². The zero-order chi connectivity index (χ0) is 15.7. The van der Waals surface area contributed by atoms with Crippen molar-refractivity contribution in [1.82, 2.24) is 0 Å². The van der Waals surface area contributed by atoms with Crippen molar-refractivity contribution in [2.75, 3.05) is 25.6 Å². The zero-order valence-corrected chi connectivity index (χ0v) is 13.4. The van der Waals surface area contributed by atoms with Crippen molar-refractivity contribution in [2.45, 2.75) is 33.1 Å². The number of methoxy groups -OCH3 is 1. The van der Waals surface area contributed by atoms with Gasteiger partial charge in [0.1, 0.15) is 0 Å². The Morgan fingerprint density at radius 3 is 2.67 bits per heavy atom. The number of para-hydroxylation sites is 1. The average Bonchev–Trinajstić information content (AvgIpc) is 2.45. The summed E-state index contributed by atoms with van der Waals surface area (Å²) in [5.41, 5.74) is 7.73. The largest absolute Gasteiger partial charge is 0.384 e. The fourth-order valence-corrected chi connectivity index (χ4v) is 2.47. The molecular weight excluding hydrogens is 264 g/mol. The van der Waals surface area contributed by atoms with E-state index in [1.165, 1.54) is 0 Å². The van der Waals surface area contributed by atoms with E-state index in [0.29, 0.717) is 25.5 Å². The first-order chi connectivity index (χ1) is 10.1. The standard InChI is InChI=1S/C17H28N2O2/c1-13(2)10-14(12-18)11-17(20)19-16-7-5-4-6-15(16)8-9-21-3/h4-7,13-14H,8-12,18H2,1-3H3,(H,19,20)/t14-/m0/s1. The van der Waals surface area contributed by atoms with Gasteiger partial charge in [0.15, 0.2) is 0 Å². The molecule has 0 unspecified atom stereocenters. The van der Waals surface area contributed by atoms with E-state index in [-0.39, 0.29) is 11.8 Å². The monoisotopic (exact) mass is 292 g/mol. The molecule has 21 heavy (non-hydrogen) atoms. The Hall–Kier alpha value is -1.39. The molecule has 0 aliphatic rings. The van der Waals surface area contributed by atoms with Gasteiger partial charge in [0.2, 0.25) is 5.91 Å². The fraction of sp³-hybridized carbons (Fsp3) is 0.588. The minimum atomic E-state index is 0.0379. The minimum absolute atomic E-state index is 0.0379. The summed E-state index contributed by atoms with van der Waals surface area (Å²) in [6.45, 7) is 5.50. The van der Waals surface area contributed by atoms with Crippen molar-refractivity contribution in [1.29, 1.82) is 0 Å². The van der Waals surface area contributed by atoms with Crippen molar-refractivity contribution in [3.8, 4) is 0 Å². The summed E-state index contributed by atoms with van der Waals surface area (Å²) >= 11 is 0. The van der Waals surface area contributed by atoms with Crippen LogP contribution < -0.4 is 11.1 Å². The van der Waals surface area contributed by atoms with Crippen LogP contribution in [0.2, 0.25) is 0 Å². The maximum Gasteiger partial charge on any atom is 0.224 e. The number of amides is 1. The molecule has 0 aromatic heterocycles. The van der Waals surface area contributed by atoms with E-state index in [2.05, 4.69) is 19.2 Å². The highest BCUT2D eigenvalue weighted by Crippen LogP contribution is 2.19. The van der Waals surface area contributed by atoms with Crippen LogP contribution in [0.15, 0.2) is 24.3 Å². The van der Waals surface area contributed by atoms with E-state index in [9.17, 15) is 4.79 Å². The number of hydrogen-bond donors (Lipinski definition) is 2. The van der Waals surface area contributed by atoms with Crippen LogP contribution in [0.4, 0.5) is 5.69 Å². The van der Waals surface area contributed by atoms with Crippen LogP contribution in [0.25, 0.3) is 0 Å². The van der Waals surface area contributed by atoms with Gasteiger partial charge in [-0.1, -0.05) is 32.0 Å². The summed E-state index contributed by atoms with van der Waals surface area (Å²) in [7, 11) is 1.68. The highest BCUT2D eigenvalue weighted by Gasteiger charge is 2.15. The number of benzene rings is 1. The summed E-state index contributed by atoms with van der Waals surface area (Å²) in [6, 6.07) is 7.86. The predicted octanol–water partition coefficient (Wildman–Crippen LogP) is 2.83. The molecule has 0 saturated carbocycles. The molecule has 0 aliphatic carbocycles. The Morgan fingerprint density at radius 2 is 2.05 bits per heavy atom. The lowest BCUT2D eigenvalue weighted by Gasteiger charge is -2.17. The Bertz CT molecular complexity index is 433. The minimum Gasteiger partial charge on any atom is -0.384 e. The Morgan fingerprint density at radius 1 is 1.33 bits per heavy atom. The first-order valence-corrected chi connectivity index (χ1v) is 7.63. The van der Waals surface area contributed by atoms with Crippen LogP contribution >= 0.6 is 0 Å². The van der Waals surface area contributed by atoms with Crippen LogP contribution in [-0.2, 0) is 16.0 Å². The molecule has 0 heterocycles. The zero-order valence-electron chi connectivity index (χ0n) is 13.4. The summed E-state index contributed by atoms with van der Waals surface area (Å²) in [6.07, 6.45) is 2.25. The lowest BCUT2D eigenvalue weighted by molar-refractivity contribution is -0.117. The van der Waals surface area contributed by atoms with E-state index in [1.54, 1.807) is 7.11 Å². The van der Waals surface area contributed by atoms with Gasteiger partial charge in [-0.15, -0.1) is 0 Å². The van der Waals surface area contributed by atoms with Crippen LogP contribution in [0.1, 0.15) is 32.3 Å². The number of ether oxygens (including phenoxy) is 1. The lowest BCUT2D eigenvalue weighted by atomic mass is 9.94. The third-order valence-electron chi connectivity index (χ3n) is 3.48. The summed E-state index contributed by atoms with van der Waals surface area (Å²) in [4.78, 5) is 12.2. The predicted molar refractivity (Wildman–Crippen MR) is 87.3 cm³/mol. The molecule has 118 valence electrons. The molecule has 4 nitrogen and oxygen atoms in total. The lowest BCUT2D eigenvalue weighted by Crippen LogP contribution is -2.24. The smallest absolute Gasteiger partial charge is 0.224 e. The van der Waals surface area contributed by atoms with Gasteiger partial charge in [-0.25, -0.2) is 0 Å². The molecule has 1 aromatic rings. The maximum atomic E-state index is 12.2. The van der Waals surface area contributed by atoms with E-state index in [0.717, 1.165) is 24.1 Å². The van der Waals surface area contributed by atoms with Crippen LogP contribution in [-0.4, -0.2) is 26.2 Å². The van der Waals surface area contributed by atoms with Gasteiger partial charge in [0, 0.05) is 19.2 Å². The summed E-state index contributed by atoms with van der Waals surface area (Å²) in [5.74, 6) is 0.840. The Labute approximate surface area is 128 Å². The third-order valence-corrected chi connectivity index (χ3v) is 3.48. The number of carbonyl (C=O) groups excluding carboxylic acids is 1. The van der Waals surface area contributed by atoms with Gasteiger partial charge in [-0.3, -0.25) is 4.79 Å². The molecule has 4 heteroatoms.